The highest BCUT2D eigenvalue weighted by atomic mass is 32.1. The van der Waals surface area contributed by atoms with Crippen LogP contribution in [0.5, 0.6) is 0 Å². The molecule has 1 heterocycles. The summed E-state index contributed by atoms with van der Waals surface area (Å²) in [6, 6.07) is 4.55. The van der Waals surface area contributed by atoms with Gasteiger partial charge < -0.3 is 4.90 Å². The molecule has 0 N–H and O–H groups in total. The van der Waals surface area contributed by atoms with Crippen molar-refractivity contribution in [3.05, 3.63) is 22.4 Å². The van der Waals surface area contributed by atoms with Crippen molar-refractivity contribution >= 4 is 17.2 Å². The minimum absolute atomic E-state index is 0.269. The summed E-state index contributed by atoms with van der Waals surface area (Å²) in [5.74, 6) is 0.269. The molecular weight excluding hydrogens is 218 g/mol. The van der Waals surface area contributed by atoms with Crippen LogP contribution in [0.2, 0.25) is 0 Å². The molecule has 1 atom stereocenters. The lowest BCUT2D eigenvalue weighted by molar-refractivity contribution is -0.131. The van der Waals surface area contributed by atoms with E-state index in [1.54, 1.807) is 11.3 Å². The van der Waals surface area contributed by atoms with E-state index < -0.39 is 0 Å². The van der Waals surface area contributed by atoms with Gasteiger partial charge in [-0.2, -0.15) is 0 Å². The Morgan fingerprint density at radius 2 is 2.31 bits per heavy atom. The van der Waals surface area contributed by atoms with E-state index in [4.69, 9.17) is 0 Å². The first kappa shape index (κ1) is 13.2. The molecule has 2 nitrogen and oxygen atoms in total. The molecule has 0 saturated heterocycles. The van der Waals surface area contributed by atoms with Crippen LogP contribution < -0.4 is 0 Å². The van der Waals surface area contributed by atoms with Gasteiger partial charge in [0.05, 0.1) is 0 Å². The van der Waals surface area contributed by atoms with Gasteiger partial charge in [0, 0.05) is 24.4 Å². The van der Waals surface area contributed by atoms with Gasteiger partial charge in [0.1, 0.15) is 0 Å². The normalized spacial score (nSPS) is 12.4. The van der Waals surface area contributed by atoms with Crippen molar-refractivity contribution in [3.8, 4) is 0 Å². The van der Waals surface area contributed by atoms with Crippen LogP contribution in [0.25, 0.3) is 0 Å². The summed E-state index contributed by atoms with van der Waals surface area (Å²) in [6.45, 7) is 4.21. The molecule has 1 rings (SSSR count). The number of amides is 1. The standard InChI is InChI=1S/C13H21NOS/c1-4-11(2)14(3)13(15)9-5-7-12-8-6-10-16-12/h6,8,10-11H,4-5,7,9H2,1-3H3. The Morgan fingerprint density at radius 3 is 2.88 bits per heavy atom. The topological polar surface area (TPSA) is 20.3 Å². The second kappa shape index (κ2) is 6.69. The maximum Gasteiger partial charge on any atom is 0.222 e. The van der Waals surface area contributed by atoms with E-state index in [0.717, 1.165) is 19.3 Å². The number of carbonyl (C=O) groups is 1. The predicted molar refractivity (Wildman–Crippen MR) is 69.8 cm³/mol. The fraction of sp³-hybridized carbons (Fsp3) is 0.615. The van der Waals surface area contributed by atoms with E-state index in [0.29, 0.717) is 12.5 Å². The lowest BCUT2D eigenvalue weighted by Crippen LogP contribution is -2.34. The molecule has 1 amide bonds. The summed E-state index contributed by atoms with van der Waals surface area (Å²) in [5, 5.41) is 2.09. The van der Waals surface area contributed by atoms with E-state index in [2.05, 4.69) is 31.4 Å². The lowest BCUT2D eigenvalue weighted by Gasteiger charge is -2.23. The van der Waals surface area contributed by atoms with E-state index in [1.165, 1.54) is 4.88 Å². The Kier molecular flexibility index (Phi) is 5.53. The third-order valence-electron chi connectivity index (χ3n) is 3.04. The van der Waals surface area contributed by atoms with Crippen LogP contribution >= 0.6 is 11.3 Å². The number of hydrogen-bond donors (Lipinski definition) is 0. The number of thiophene rings is 1. The van der Waals surface area contributed by atoms with Crippen LogP contribution in [-0.2, 0) is 11.2 Å². The molecular formula is C13H21NOS. The molecule has 90 valence electrons. The predicted octanol–water partition coefficient (Wildman–Crippen LogP) is 3.33. The Hall–Kier alpha value is -0.830. The maximum absolute atomic E-state index is 11.8. The van der Waals surface area contributed by atoms with E-state index in [9.17, 15) is 4.79 Å². The zero-order chi connectivity index (χ0) is 12.0. The molecule has 0 spiro atoms. The van der Waals surface area contributed by atoms with Crippen LogP contribution in [0, 0.1) is 0 Å². The number of nitrogens with zero attached hydrogens (tertiary/aromatic N) is 1. The van der Waals surface area contributed by atoms with Crippen molar-refractivity contribution in [1.82, 2.24) is 4.90 Å². The SMILES string of the molecule is CCC(C)N(C)C(=O)CCCc1cccs1. The molecule has 0 radical (unpaired) electrons. The summed E-state index contributed by atoms with van der Waals surface area (Å²) in [6.07, 6.45) is 3.67. The van der Waals surface area contributed by atoms with Crippen molar-refractivity contribution in [1.29, 1.82) is 0 Å². The summed E-state index contributed by atoms with van der Waals surface area (Å²) >= 11 is 1.77. The highest BCUT2D eigenvalue weighted by Gasteiger charge is 2.13. The first-order valence-electron chi connectivity index (χ1n) is 5.93. The molecule has 1 aromatic rings. The molecule has 0 aromatic carbocycles. The van der Waals surface area contributed by atoms with Gasteiger partial charge in [-0.15, -0.1) is 11.3 Å². The number of hydrogen-bond acceptors (Lipinski definition) is 2. The third kappa shape index (κ3) is 3.97. The van der Waals surface area contributed by atoms with Crippen LogP contribution in [0.15, 0.2) is 17.5 Å². The average Bonchev–Trinajstić information content (AvgIpc) is 2.79. The monoisotopic (exact) mass is 239 g/mol. The van der Waals surface area contributed by atoms with Crippen molar-refractivity contribution in [3.63, 3.8) is 0 Å². The quantitative estimate of drug-likeness (QED) is 0.745. The summed E-state index contributed by atoms with van der Waals surface area (Å²) in [5.41, 5.74) is 0. The Labute approximate surface area is 102 Å². The molecule has 0 aliphatic rings. The zero-order valence-corrected chi connectivity index (χ0v) is 11.2. The van der Waals surface area contributed by atoms with Crippen LogP contribution in [0.3, 0.4) is 0 Å². The van der Waals surface area contributed by atoms with Gasteiger partial charge in [-0.05, 0) is 37.6 Å². The lowest BCUT2D eigenvalue weighted by atomic mass is 10.1. The van der Waals surface area contributed by atoms with E-state index >= 15 is 0 Å². The van der Waals surface area contributed by atoms with E-state index in [-0.39, 0.29) is 5.91 Å². The van der Waals surface area contributed by atoms with Crippen LogP contribution in [0.4, 0.5) is 0 Å². The fourth-order valence-electron chi connectivity index (χ4n) is 1.56. The Balaban J connectivity index is 2.24. The zero-order valence-electron chi connectivity index (χ0n) is 10.4. The summed E-state index contributed by atoms with van der Waals surface area (Å²) in [7, 11) is 1.90. The first-order valence-corrected chi connectivity index (χ1v) is 6.81. The van der Waals surface area contributed by atoms with Gasteiger partial charge in [0.25, 0.3) is 0 Å². The molecule has 0 aliphatic carbocycles. The van der Waals surface area contributed by atoms with Crippen molar-refractivity contribution in [2.75, 3.05) is 7.05 Å². The Bertz CT molecular complexity index is 308. The molecule has 0 fully saturated rings. The molecule has 16 heavy (non-hydrogen) atoms. The molecule has 1 unspecified atom stereocenters. The van der Waals surface area contributed by atoms with Gasteiger partial charge in [0.15, 0.2) is 0 Å². The molecule has 0 aliphatic heterocycles. The van der Waals surface area contributed by atoms with Gasteiger partial charge in [0.2, 0.25) is 5.91 Å². The highest BCUT2D eigenvalue weighted by Crippen LogP contribution is 2.13. The van der Waals surface area contributed by atoms with Crippen molar-refractivity contribution in [2.24, 2.45) is 0 Å². The van der Waals surface area contributed by atoms with Gasteiger partial charge in [-0.25, -0.2) is 0 Å². The molecule has 3 heteroatoms. The van der Waals surface area contributed by atoms with Crippen molar-refractivity contribution < 1.29 is 4.79 Å². The minimum Gasteiger partial charge on any atom is -0.343 e. The molecule has 0 bridgehead atoms. The third-order valence-corrected chi connectivity index (χ3v) is 3.98. The molecule has 0 saturated carbocycles. The second-order valence-electron chi connectivity index (χ2n) is 4.19. The van der Waals surface area contributed by atoms with Gasteiger partial charge in [-0.3, -0.25) is 4.79 Å². The van der Waals surface area contributed by atoms with Crippen molar-refractivity contribution in [2.45, 2.75) is 45.6 Å². The average molecular weight is 239 g/mol. The largest absolute Gasteiger partial charge is 0.343 e. The van der Waals surface area contributed by atoms with Crippen LogP contribution in [0.1, 0.15) is 38.0 Å². The summed E-state index contributed by atoms with van der Waals surface area (Å²) < 4.78 is 0. The second-order valence-corrected chi connectivity index (χ2v) is 5.23. The smallest absolute Gasteiger partial charge is 0.222 e. The fourth-order valence-corrected chi connectivity index (χ4v) is 2.32. The van der Waals surface area contributed by atoms with Crippen LogP contribution in [-0.4, -0.2) is 23.9 Å². The van der Waals surface area contributed by atoms with Gasteiger partial charge >= 0.3 is 0 Å². The first-order chi connectivity index (χ1) is 7.65. The number of carbonyl (C=O) groups excluding carboxylic acids is 1. The highest BCUT2D eigenvalue weighted by molar-refractivity contribution is 7.09. The minimum atomic E-state index is 0.269. The number of aryl methyl sites for hydroxylation is 1. The summed E-state index contributed by atoms with van der Waals surface area (Å²) in [4.78, 5) is 15.0. The number of rotatable bonds is 6. The van der Waals surface area contributed by atoms with Gasteiger partial charge in [-0.1, -0.05) is 13.0 Å². The Morgan fingerprint density at radius 1 is 1.56 bits per heavy atom. The van der Waals surface area contributed by atoms with E-state index in [1.807, 2.05) is 11.9 Å². The maximum atomic E-state index is 11.8. The molecule has 1 aromatic heterocycles.